The van der Waals surface area contributed by atoms with Gasteiger partial charge >= 0.3 is 6.03 Å². The number of halogens is 1. The van der Waals surface area contributed by atoms with Crippen LogP contribution in [0.3, 0.4) is 0 Å². The van der Waals surface area contributed by atoms with E-state index in [1.165, 1.54) is 6.07 Å². The molecule has 1 aromatic heterocycles. The van der Waals surface area contributed by atoms with E-state index in [0.717, 1.165) is 17.1 Å². The van der Waals surface area contributed by atoms with E-state index in [1.54, 1.807) is 23.1 Å². The zero-order chi connectivity index (χ0) is 19.3. The maximum Gasteiger partial charge on any atom is 0.322 e. The summed E-state index contributed by atoms with van der Waals surface area (Å²) in [6.45, 7) is 2.35. The Balaban J connectivity index is 1.35. The number of carbonyl (C=O) groups excluding carboxylic acids is 1. The van der Waals surface area contributed by atoms with Crippen molar-refractivity contribution >= 4 is 17.5 Å². The number of hydrogen-bond acceptors (Lipinski definition) is 4. The molecule has 1 aliphatic heterocycles. The van der Waals surface area contributed by atoms with Crippen molar-refractivity contribution < 1.29 is 9.18 Å². The van der Waals surface area contributed by atoms with Crippen molar-refractivity contribution in [1.82, 2.24) is 15.1 Å². The number of aromatic nitrogens is 2. The lowest BCUT2D eigenvalue weighted by molar-refractivity contribution is 0.208. The average molecular weight is 377 g/mol. The maximum atomic E-state index is 13.7. The van der Waals surface area contributed by atoms with Gasteiger partial charge in [0.1, 0.15) is 5.82 Å². The van der Waals surface area contributed by atoms with Crippen molar-refractivity contribution in [1.29, 1.82) is 0 Å². The lowest BCUT2D eigenvalue weighted by Crippen LogP contribution is -2.50. The van der Waals surface area contributed by atoms with E-state index < -0.39 is 5.82 Å². The van der Waals surface area contributed by atoms with Crippen molar-refractivity contribution in [3.8, 4) is 11.3 Å². The highest BCUT2D eigenvalue weighted by Gasteiger charge is 2.22. The minimum absolute atomic E-state index is 0.192. The number of urea groups is 1. The summed E-state index contributed by atoms with van der Waals surface area (Å²) in [4.78, 5) is 16.1. The molecule has 2 aromatic carbocycles. The van der Waals surface area contributed by atoms with Crippen LogP contribution >= 0.6 is 0 Å². The van der Waals surface area contributed by atoms with Gasteiger partial charge in [-0.1, -0.05) is 42.5 Å². The summed E-state index contributed by atoms with van der Waals surface area (Å²) in [5.41, 5.74) is 2.04. The molecule has 2 amide bonds. The number of carbonyl (C=O) groups is 1. The molecular weight excluding hydrogens is 357 g/mol. The van der Waals surface area contributed by atoms with Crippen LogP contribution in [0.15, 0.2) is 66.7 Å². The van der Waals surface area contributed by atoms with Crippen LogP contribution in [0.2, 0.25) is 0 Å². The molecule has 0 unspecified atom stereocenters. The summed E-state index contributed by atoms with van der Waals surface area (Å²) in [5, 5.41) is 11.3. The van der Waals surface area contributed by atoms with Gasteiger partial charge < -0.3 is 15.1 Å². The molecule has 0 saturated carbocycles. The smallest absolute Gasteiger partial charge is 0.322 e. The first kappa shape index (κ1) is 17.9. The summed E-state index contributed by atoms with van der Waals surface area (Å²) in [5.74, 6) is 0.345. The van der Waals surface area contributed by atoms with Crippen LogP contribution in [0.4, 0.5) is 20.7 Å². The Kier molecular flexibility index (Phi) is 5.14. The zero-order valence-electron chi connectivity index (χ0n) is 15.3. The third-order valence-corrected chi connectivity index (χ3v) is 4.73. The predicted molar refractivity (Wildman–Crippen MR) is 107 cm³/mol. The lowest BCUT2D eigenvalue weighted by Gasteiger charge is -2.35. The predicted octanol–water partition coefficient (Wildman–Crippen LogP) is 3.64. The van der Waals surface area contributed by atoms with Crippen LogP contribution in [0.1, 0.15) is 0 Å². The first-order valence-electron chi connectivity index (χ1n) is 9.15. The largest absolute Gasteiger partial charge is 0.352 e. The number of rotatable bonds is 3. The van der Waals surface area contributed by atoms with Gasteiger partial charge in [-0.25, -0.2) is 9.18 Å². The summed E-state index contributed by atoms with van der Waals surface area (Å²) < 4.78 is 13.7. The lowest BCUT2D eigenvalue weighted by atomic mass is 10.1. The quantitative estimate of drug-likeness (QED) is 0.757. The third-order valence-electron chi connectivity index (χ3n) is 4.73. The minimum Gasteiger partial charge on any atom is -0.352 e. The second-order valence-electron chi connectivity index (χ2n) is 6.53. The molecule has 28 heavy (non-hydrogen) atoms. The first-order chi connectivity index (χ1) is 13.7. The van der Waals surface area contributed by atoms with Gasteiger partial charge in [-0.05, 0) is 24.3 Å². The Bertz CT molecular complexity index is 941. The van der Waals surface area contributed by atoms with E-state index in [-0.39, 0.29) is 11.7 Å². The number of amides is 2. The fourth-order valence-corrected chi connectivity index (χ4v) is 3.15. The number of benzene rings is 2. The molecule has 142 valence electrons. The van der Waals surface area contributed by atoms with Crippen molar-refractivity contribution in [3.05, 3.63) is 72.5 Å². The van der Waals surface area contributed by atoms with Crippen molar-refractivity contribution in [2.45, 2.75) is 0 Å². The van der Waals surface area contributed by atoms with Crippen LogP contribution in [0.25, 0.3) is 11.3 Å². The fourth-order valence-electron chi connectivity index (χ4n) is 3.15. The van der Waals surface area contributed by atoms with E-state index >= 15 is 0 Å². The standard InChI is InChI=1S/C21H20FN5O/c22-17-8-4-5-9-19(17)23-21(28)27-14-12-26(13-15-27)20-11-10-18(24-25-20)16-6-2-1-3-7-16/h1-11H,12-15H2,(H,23,28). The number of anilines is 2. The topological polar surface area (TPSA) is 61.4 Å². The molecule has 1 N–H and O–H groups in total. The Labute approximate surface area is 162 Å². The van der Waals surface area contributed by atoms with Gasteiger partial charge in [0.15, 0.2) is 5.82 Å². The number of piperazine rings is 1. The Morgan fingerprint density at radius 3 is 2.25 bits per heavy atom. The van der Waals surface area contributed by atoms with Crippen LogP contribution in [-0.4, -0.2) is 47.3 Å². The van der Waals surface area contributed by atoms with Crippen molar-refractivity contribution in [2.75, 3.05) is 36.4 Å². The molecular formula is C21H20FN5O. The monoisotopic (exact) mass is 377 g/mol. The molecule has 0 spiro atoms. The molecule has 7 heteroatoms. The Morgan fingerprint density at radius 2 is 1.57 bits per heavy atom. The van der Waals surface area contributed by atoms with Gasteiger partial charge in [-0.15, -0.1) is 10.2 Å². The number of nitrogens with one attached hydrogen (secondary N) is 1. The number of nitrogens with zero attached hydrogens (tertiary/aromatic N) is 4. The van der Waals surface area contributed by atoms with E-state index in [0.29, 0.717) is 26.2 Å². The van der Waals surface area contributed by atoms with E-state index in [2.05, 4.69) is 20.4 Å². The number of para-hydroxylation sites is 1. The fraction of sp³-hybridized carbons (Fsp3) is 0.190. The Morgan fingerprint density at radius 1 is 0.857 bits per heavy atom. The van der Waals surface area contributed by atoms with Gasteiger partial charge in [-0.2, -0.15) is 0 Å². The van der Waals surface area contributed by atoms with Gasteiger partial charge in [0.25, 0.3) is 0 Å². The molecule has 0 aliphatic carbocycles. The summed E-state index contributed by atoms with van der Waals surface area (Å²) in [6.07, 6.45) is 0. The van der Waals surface area contributed by atoms with Crippen molar-refractivity contribution in [3.63, 3.8) is 0 Å². The molecule has 4 rings (SSSR count). The molecule has 1 saturated heterocycles. The van der Waals surface area contributed by atoms with Gasteiger partial charge in [-0.3, -0.25) is 0 Å². The number of hydrogen-bond donors (Lipinski definition) is 1. The first-order valence-corrected chi connectivity index (χ1v) is 9.15. The minimum atomic E-state index is -0.441. The molecule has 1 fully saturated rings. The summed E-state index contributed by atoms with van der Waals surface area (Å²) >= 11 is 0. The van der Waals surface area contributed by atoms with Crippen LogP contribution in [0, 0.1) is 5.82 Å². The van der Waals surface area contributed by atoms with Crippen LogP contribution in [0.5, 0.6) is 0 Å². The molecule has 6 nitrogen and oxygen atoms in total. The molecule has 2 heterocycles. The van der Waals surface area contributed by atoms with Gasteiger partial charge in [0, 0.05) is 31.7 Å². The summed E-state index contributed by atoms with van der Waals surface area (Å²) in [7, 11) is 0. The highest BCUT2D eigenvalue weighted by Crippen LogP contribution is 2.19. The van der Waals surface area contributed by atoms with Gasteiger partial charge in [0.2, 0.25) is 0 Å². The normalized spacial score (nSPS) is 14.0. The molecule has 1 aliphatic rings. The van der Waals surface area contributed by atoms with E-state index in [1.807, 2.05) is 42.5 Å². The molecule has 0 atom stereocenters. The van der Waals surface area contributed by atoms with E-state index in [4.69, 9.17) is 0 Å². The second kappa shape index (κ2) is 8.04. The van der Waals surface area contributed by atoms with E-state index in [9.17, 15) is 9.18 Å². The Hall–Kier alpha value is -3.48. The van der Waals surface area contributed by atoms with Gasteiger partial charge in [0.05, 0.1) is 11.4 Å². The third kappa shape index (κ3) is 3.93. The molecule has 0 bridgehead atoms. The van der Waals surface area contributed by atoms with Crippen LogP contribution < -0.4 is 10.2 Å². The second-order valence-corrected chi connectivity index (χ2v) is 6.53. The SMILES string of the molecule is O=C(Nc1ccccc1F)N1CCN(c2ccc(-c3ccccc3)nn2)CC1. The van der Waals surface area contributed by atoms with Crippen LogP contribution in [-0.2, 0) is 0 Å². The maximum absolute atomic E-state index is 13.7. The molecule has 0 radical (unpaired) electrons. The average Bonchev–Trinajstić information content (AvgIpc) is 2.76. The van der Waals surface area contributed by atoms with Crippen molar-refractivity contribution in [2.24, 2.45) is 0 Å². The highest BCUT2D eigenvalue weighted by molar-refractivity contribution is 5.89. The molecule has 3 aromatic rings. The summed E-state index contributed by atoms with van der Waals surface area (Å²) in [6, 6.07) is 19.7. The zero-order valence-corrected chi connectivity index (χ0v) is 15.3. The highest BCUT2D eigenvalue weighted by atomic mass is 19.1.